The summed E-state index contributed by atoms with van der Waals surface area (Å²) in [5, 5.41) is 16.6. The average Bonchev–Trinajstić information content (AvgIpc) is 3.56. The number of anilines is 5. The van der Waals surface area contributed by atoms with Gasteiger partial charge in [-0.2, -0.15) is 10.1 Å². The van der Waals surface area contributed by atoms with Crippen LogP contribution < -0.4 is 30.7 Å². The van der Waals surface area contributed by atoms with Gasteiger partial charge in [-0.15, -0.1) is 0 Å². The number of halogens is 1. The number of fused-ring (bicyclic) bond motifs is 2. The van der Waals surface area contributed by atoms with Gasteiger partial charge in [0.15, 0.2) is 5.82 Å². The first-order chi connectivity index (χ1) is 28.4. The van der Waals surface area contributed by atoms with E-state index in [1.807, 2.05) is 17.9 Å². The number of hydrogen-bond donors (Lipinski definition) is 3. The maximum atomic E-state index is 6.68. The first-order valence-corrected chi connectivity index (χ1v) is 21.5. The third kappa shape index (κ3) is 8.56. The van der Waals surface area contributed by atoms with E-state index in [0.717, 1.165) is 117 Å². The van der Waals surface area contributed by atoms with Gasteiger partial charge in [0.1, 0.15) is 10.8 Å². The molecule has 0 bridgehead atoms. The van der Waals surface area contributed by atoms with Crippen LogP contribution in [-0.2, 0) is 7.05 Å². The number of nitrogens with one attached hydrogen (secondary N) is 3. The number of aryl methyl sites for hydroxylation is 1. The van der Waals surface area contributed by atoms with Crippen molar-refractivity contribution < 1.29 is 0 Å². The largest absolute Gasteiger partial charge is 0.392 e. The van der Waals surface area contributed by atoms with Gasteiger partial charge < -0.3 is 30.7 Å². The summed E-state index contributed by atoms with van der Waals surface area (Å²) in [6.07, 6.45) is 11.7. The van der Waals surface area contributed by atoms with Crippen LogP contribution in [0.25, 0.3) is 17.0 Å². The third-order valence-corrected chi connectivity index (χ3v) is 12.8. The predicted octanol–water partition coefficient (Wildman–Crippen LogP) is 8.33. The van der Waals surface area contributed by atoms with E-state index in [1.54, 1.807) is 6.20 Å². The summed E-state index contributed by atoms with van der Waals surface area (Å²) >= 11 is 6.68. The second-order valence-electron chi connectivity index (χ2n) is 16.8. The van der Waals surface area contributed by atoms with E-state index in [2.05, 4.69) is 118 Å². The lowest BCUT2D eigenvalue weighted by Crippen LogP contribution is -2.49. The van der Waals surface area contributed by atoms with Crippen molar-refractivity contribution in [2.75, 3.05) is 72.9 Å². The Morgan fingerprint density at radius 1 is 0.983 bits per heavy atom. The molecule has 1 atom stereocenters. The molecule has 310 valence electrons. The molecule has 13 heteroatoms. The highest BCUT2D eigenvalue weighted by atomic mass is 35.5. The summed E-state index contributed by atoms with van der Waals surface area (Å²) in [6.45, 7) is 28.2. The molecule has 3 N–H and O–H groups in total. The summed E-state index contributed by atoms with van der Waals surface area (Å²) in [5.74, 6) is 3.05. The standard InChI is InChI=1S/C46H59ClN12/c1-29(2)59-33(6)35(11-9-30(3)48-7)23-36-24-37(26-49-45(36)59)52-44-41(47)27-50-46(53-44)58-21-19-56(20-22-58)28-34-15-17-57(18-16-34)38-12-14-40-42(25-38)55(8)54-43(40)39-13-10-31(4)51-32(39)5/h12,14,23-27,29,34,39,48,51H,3-6,9-11,13,15-22,28H2,1-2,7-8H3,(H,50,52,53). The van der Waals surface area contributed by atoms with Gasteiger partial charge in [-0.3, -0.25) is 9.58 Å². The number of benzene rings is 1. The van der Waals surface area contributed by atoms with Gasteiger partial charge in [0.25, 0.3) is 0 Å². The number of piperazine rings is 1. The second kappa shape index (κ2) is 17.1. The fourth-order valence-corrected chi connectivity index (χ4v) is 9.23. The number of nitrogens with zero attached hydrogens (tertiary/aromatic N) is 9. The number of pyridine rings is 1. The van der Waals surface area contributed by atoms with E-state index in [0.29, 0.717) is 22.7 Å². The summed E-state index contributed by atoms with van der Waals surface area (Å²) in [5.41, 5.74) is 10.6. The first-order valence-electron chi connectivity index (χ1n) is 21.1. The molecule has 1 unspecified atom stereocenters. The Labute approximate surface area is 354 Å². The number of piperidine rings is 2. The average molecular weight is 816 g/mol. The Hall–Kier alpha value is -5.33. The van der Waals surface area contributed by atoms with Gasteiger partial charge in [-0.05, 0) is 94.2 Å². The minimum Gasteiger partial charge on any atom is -0.392 e. The first kappa shape index (κ1) is 40.4. The molecular weight excluding hydrogens is 756 g/mol. The van der Waals surface area contributed by atoms with E-state index >= 15 is 0 Å². The molecule has 4 aliphatic heterocycles. The van der Waals surface area contributed by atoms with Crippen molar-refractivity contribution in [1.29, 1.82) is 0 Å². The molecule has 59 heavy (non-hydrogen) atoms. The van der Waals surface area contributed by atoms with Crippen LogP contribution in [-0.4, -0.2) is 88.5 Å². The molecule has 0 saturated carbocycles. The summed E-state index contributed by atoms with van der Waals surface area (Å²) < 4.78 is 2.03. The molecule has 0 spiro atoms. The van der Waals surface area contributed by atoms with Gasteiger partial charge >= 0.3 is 0 Å². The van der Waals surface area contributed by atoms with Crippen molar-refractivity contribution >= 4 is 57.5 Å². The highest BCUT2D eigenvalue weighted by molar-refractivity contribution is 6.32. The lowest BCUT2D eigenvalue weighted by Gasteiger charge is -2.39. The van der Waals surface area contributed by atoms with Crippen LogP contribution in [0.5, 0.6) is 0 Å². The Morgan fingerprint density at radius 3 is 2.49 bits per heavy atom. The minimum atomic E-state index is 0.204. The molecule has 3 fully saturated rings. The lowest BCUT2D eigenvalue weighted by molar-refractivity contribution is 0.201. The molecule has 1 aromatic carbocycles. The third-order valence-electron chi connectivity index (χ3n) is 12.5. The molecule has 0 aliphatic carbocycles. The maximum absolute atomic E-state index is 6.68. The zero-order valence-corrected chi connectivity index (χ0v) is 36.0. The van der Waals surface area contributed by atoms with Gasteiger partial charge in [0.2, 0.25) is 5.95 Å². The normalized spacial score (nSPS) is 19.3. The van der Waals surface area contributed by atoms with Crippen LogP contribution in [0.2, 0.25) is 5.02 Å². The van der Waals surface area contributed by atoms with Crippen molar-refractivity contribution in [1.82, 2.24) is 40.3 Å². The maximum Gasteiger partial charge on any atom is 0.227 e. The Kier molecular flexibility index (Phi) is 11.7. The van der Waals surface area contributed by atoms with Crippen LogP contribution in [0.1, 0.15) is 69.5 Å². The molecule has 7 heterocycles. The van der Waals surface area contributed by atoms with Crippen LogP contribution in [0, 0.1) is 5.92 Å². The topological polar surface area (TPSA) is 106 Å². The molecule has 3 aromatic heterocycles. The van der Waals surface area contributed by atoms with Gasteiger partial charge in [0, 0.05) is 111 Å². The van der Waals surface area contributed by atoms with Crippen LogP contribution in [0.15, 0.2) is 91.3 Å². The Bertz CT molecular complexity index is 2290. The molecule has 0 radical (unpaired) electrons. The van der Waals surface area contributed by atoms with Gasteiger partial charge in [-0.25, -0.2) is 9.97 Å². The van der Waals surface area contributed by atoms with Gasteiger partial charge in [0.05, 0.1) is 29.3 Å². The Balaban J connectivity index is 0.853. The molecule has 4 aromatic rings. The fourth-order valence-electron chi connectivity index (χ4n) is 9.09. The second-order valence-corrected chi connectivity index (χ2v) is 17.2. The van der Waals surface area contributed by atoms with E-state index in [-0.39, 0.29) is 12.0 Å². The van der Waals surface area contributed by atoms with E-state index in [4.69, 9.17) is 26.7 Å². The molecular formula is C46H59ClN12. The number of allylic oxidation sites excluding steroid dienone is 4. The lowest BCUT2D eigenvalue weighted by atomic mass is 9.90. The van der Waals surface area contributed by atoms with Crippen molar-refractivity contribution in [3.8, 4) is 0 Å². The van der Waals surface area contributed by atoms with E-state index < -0.39 is 0 Å². The molecule has 12 nitrogen and oxygen atoms in total. The molecule has 8 rings (SSSR count). The molecule has 4 aliphatic rings. The predicted molar refractivity (Wildman–Crippen MR) is 244 cm³/mol. The van der Waals surface area contributed by atoms with Crippen LogP contribution >= 0.6 is 11.6 Å². The zero-order valence-electron chi connectivity index (χ0n) is 35.2. The quantitative estimate of drug-likeness (QED) is 0.129. The SMILES string of the molecule is C=C(CCC1=Cc2cc(Nc3nc(N4CCN(CC5CCN(c6ccc7c(C8CCC(=C)NC8=C)nn(C)c7c6)CC5)CC4)ncc3Cl)cnc2N(C(C)C)C1=C)NC. The highest BCUT2D eigenvalue weighted by Crippen LogP contribution is 2.39. The van der Waals surface area contributed by atoms with Crippen molar-refractivity contribution in [2.24, 2.45) is 13.0 Å². The van der Waals surface area contributed by atoms with Crippen LogP contribution in [0.4, 0.5) is 29.0 Å². The van der Waals surface area contributed by atoms with Crippen molar-refractivity contribution in [3.63, 3.8) is 0 Å². The molecule has 0 amide bonds. The van der Waals surface area contributed by atoms with E-state index in [9.17, 15) is 0 Å². The zero-order chi connectivity index (χ0) is 41.4. The smallest absolute Gasteiger partial charge is 0.227 e. The number of hydrogen-bond acceptors (Lipinski definition) is 11. The minimum absolute atomic E-state index is 0.204. The highest BCUT2D eigenvalue weighted by Gasteiger charge is 2.29. The van der Waals surface area contributed by atoms with E-state index in [1.165, 1.54) is 35.0 Å². The van der Waals surface area contributed by atoms with Crippen LogP contribution in [0.3, 0.4) is 0 Å². The summed E-state index contributed by atoms with van der Waals surface area (Å²) in [7, 11) is 3.96. The monoisotopic (exact) mass is 814 g/mol. The van der Waals surface area contributed by atoms with Gasteiger partial charge in [-0.1, -0.05) is 37.9 Å². The number of aromatic nitrogens is 5. The molecule has 3 saturated heterocycles. The summed E-state index contributed by atoms with van der Waals surface area (Å²) in [4.78, 5) is 24.1. The summed E-state index contributed by atoms with van der Waals surface area (Å²) in [6, 6.07) is 9.19. The number of rotatable bonds is 12. The fraction of sp³-hybridized carbons (Fsp3) is 0.435. The van der Waals surface area contributed by atoms with Crippen molar-refractivity contribution in [2.45, 2.75) is 64.3 Å². The Morgan fingerprint density at radius 2 is 1.76 bits per heavy atom. The van der Waals surface area contributed by atoms with Crippen molar-refractivity contribution in [3.05, 3.63) is 108 Å².